The summed E-state index contributed by atoms with van der Waals surface area (Å²) in [5.41, 5.74) is 0.432. The molecular formula is C9H18N2. The van der Waals surface area contributed by atoms with Crippen LogP contribution in [0.2, 0.25) is 0 Å². The highest BCUT2D eigenvalue weighted by Gasteiger charge is 2.29. The summed E-state index contributed by atoms with van der Waals surface area (Å²) in [6.07, 6.45) is 2.10. The molecule has 0 spiro atoms. The van der Waals surface area contributed by atoms with Gasteiger partial charge in [-0.3, -0.25) is 5.41 Å². The third-order valence-electron chi connectivity index (χ3n) is 2.39. The summed E-state index contributed by atoms with van der Waals surface area (Å²) in [5.74, 6) is 0.801. The van der Waals surface area contributed by atoms with E-state index in [2.05, 4.69) is 18.7 Å². The van der Waals surface area contributed by atoms with Gasteiger partial charge in [-0.25, -0.2) is 0 Å². The van der Waals surface area contributed by atoms with Gasteiger partial charge in [-0.05, 0) is 11.8 Å². The van der Waals surface area contributed by atoms with Gasteiger partial charge in [0.1, 0.15) is 0 Å². The van der Waals surface area contributed by atoms with E-state index in [0.717, 1.165) is 25.3 Å². The van der Waals surface area contributed by atoms with Crippen LogP contribution in [0.5, 0.6) is 0 Å². The number of rotatable bonds is 1. The molecule has 0 amide bonds. The Morgan fingerprint density at radius 2 is 2.18 bits per heavy atom. The van der Waals surface area contributed by atoms with E-state index in [1.807, 2.05) is 6.92 Å². The maximum Gasteiger partial charge on any atom is 0.0955 e. The summed E-state index contributed by atoms with van der Waals surface area (Å²) >= 11 is 0. The third kappa shape index (κ3) is 1.95. The normalized spacial score (nSPS) is 22.3. The molecular weight excluding hydrogens is 136 g/mol. The second-order valence-electron chi connectivity index (χ2n) is 4.14. The second kappa shape index (κ2) is 2.84. The summed E-state index contributed by atoms with van der Waals surface area (Å²) in [6, 6.07) is 0. The Balaban J connectivity index is 2.48. The molecule has 0 aromatic carbocycles. The highest BCUT2D eigenvalue weighted by Crippen LogP contribution is 2.28. The van der Waals surface area contributed by atoms with E-state index in [-0.39, 0.29) is 0 Å². The zero-order chi connectivity index (χ0) is 8.48. The van der Waals surface area contributed by atoms with Crippen molar-refractivity contribution in [2.45, 2.75) is 33.6 Å². The first-order valence-electron chi connectivity index (χ1n) is 4.37. The van der Waals surface area contributed by atoms with Gasteiger partial charge < -0.3 is 4.90 Å². The molecule has 0 radical (unpaired) electrons. The van der Waals surface area contributed by atoms with Crippen LogP contribution in [0.15, 0.2) is 0 Å². The first-order chi connectivity index (χ1) is 5.05. The minimum Gasteiger partial charge on any atom is -0.360 e. The molecule has 2 nitrogen and oxygen atoms in total. The Kier molecular flexibility index (Phi) is 2.21. The molecule has 0 atom stereocenters. The molecule has 11 heavy (non-hydrogen) atoms. The van der Waals surface area contributed by atoms with Crippen molar-refractivity contribution in [3.05, 3.63) is 0 Å². The fraction of sp³-hybridized carbons (Fsp3) is 0.889. The van der Waals surface area contributed by atoms with Crippen molar-refractivity contribution in [2.75, 3.05) is 13.1 Å². The van der Waals surface area contributed by atoms with Crippen molar-refractivity contribution >= 4 is 5.84 Å². The molecule has 1 N–H and O–H groups in total. The lowest BCUT2D eigenvalue weighted by molar-refractivity contribution is 0.372. The second-order valence-corrected chi connectivity index (χ2v) is 4.14. The first kappa shape index (κ1) is 8.57. The van der Waals surface area contributed by atoms with Crippen LogP contribution >= 0.6 is 0 Å². The molecule has 64 valence electrons. The van der Waals surface area contributed by atoms with Crippen LogP contribution in [0.25, 0.3) is 0 Å². The maximum absolute atomic E-state index is 7.64. The molecule has 0 aromatic rings. The first-order valence-corrected chi connectivity index (χ1v) is 4.37. The van der Waals surface area contributed by atoms with Crippen LogP contribution in [0, 0.1) is 10.8 Å². The van der Waals surface area contributed by atoms with Gasteiger partial charge in [-0.2, -0.15) is 0 Å². The number of hydrogen-bond donors (Lipinski definition) is 1. The lowest BCUT2D eigenvalue weighted by Crippen LogP contribution is -2.28. The highest BCUT2D eigenvalue weighted by atomic mass is 15.2. The predicted molar refractivity (Wildman–Crippen MR) is 48.0 cm³/mol. The van der Waals surface area contributed by atoms with Crippen LogP contribution in [-0.4, -0.2) is 23.8 Å². The van der Waals surface area contributed by atoms with Crippen molar-refractivity contribution < 1.29 is 0 Å². The molecule has 0 aliphatic carbocycles. The summed E-state index contributed by atoms with van der Waals surface area (Å²) < 4.78 is 0. The van der Waals surface area contributed by atoms with Crippen molar-refractivity contribution in [1.29, 1.82) is 5.41 Å². The van der Waals surface area contributed by atoms with Crippen molar-refractivity contribution in [2.24, 2.45) is 5.41 Å². The lowest BCUT2D eigenvalue weighted by atomic mass is 9.93. The minimum absolute atomic E-state index is 0.432. The predicted octanol–water partition coefficient (Wildman–Crippen LogP) is 2.11. The SMILES string of the molecule is CCC(=N)N1CCC(C)(C)C1. The molecule has 0 saturated carbocycles. The molecule has 0 aromatic heterocycles. The smallest absolute Gasteiger partial charge is 0.0955 e. The summed E-state index contributed by atoms with van der Waals surface area (Å²) in [5, 5.41) is 7.64. The van der Waals surface area contributed by atoms with Crippen LogP contribution < -0.4 is 0 Å². The lowest BCUT2D eigenvalue weighted by Gasteiger charge is -2.21. The Hall–Kier alpha value is -0.530. The van der Waals surface area contributed by atoms with Gasteiger partial charge in [-0.1, -0.05) is 20.8 Å². The monoisotopic (exact) mass is 154 g/mol. The van der Waals surface area contributed by atoms with Crippen molar-refractivity contribution in [3.8, 4) is 0 Å². The quantitative estimate of drug-likeness (QED) is 0.454. The molecule has 2 heteroatoms. The van der Waals surface area contributed by atoms with Gasteiger partial charge >= 0.3 is 0 Å². The van der Waals surface area contributed by atoms with Gasteiger partial charge in [-0.15, -0.1) is 0 Å². The van der Waals surface area contributed by atoms with Gasteiger partial charge in [0.05, 0.1) is 5.84 Å². The van der Waals surface area contributed by atoms with Gasteiger partial charge in [0.25, 0.3) is 0 Å². The Morgan fingerprint density at radius 1 is 1.55 bits per heavy atom. The molecule has 1 fully saturated rings. The van der Waals surface area contributed by atoms with Crippen LogP contribution in [0.3, 0.4) is 0 Å². The number of hydrogen-bond acceptors (Lipinski definition) is 1. The number of nitrogens with zero attached hydrogens (tertiary/aromatic N) is 1. The largest absolute Gasteiger partial charge is 0.360 e. The van der Waals surface area contributed by atoms with E-state index >= 15 is 0 Å². The van der Waals surface area contributed by atoms with Gasteiger partial charge in [0.2, 0.25) is 0 Å². The molecule has 1 heterocycles. The van der Waals surface area contributed by atoms with E-state index in [1.54, 1.807) is 0 Å². The van der Waals surface area contributed by atoms with Crippen LogP contribution in [0.1, 0.15) is 33.6 Å². The Bertz CT molecular complexity index is 161. The van der Waals surface area contributed by atoms with E-state index in [0.29, 0.717) is 5.41 Å². The standard InChI is InChI=1S/C9H18N2/c1-4-8(10)11-6-5-9(2,3)7-11/h10H,4-7H2,1-3H3. The molecule has 0 unspecified atom stereocenters. The third-order valence-corrected chi connectivity index (χ3v) is 2.39. The number of amidine groups is 1. The molecule has 1 aliphatic rings. The van der Waals surface area contributed by atoms with E-state index < -0.39 is 0 Å². The van der Waals surface area contributed by atoms with Gasteiger partial charge in [0.15, 0.2) is 0 Å². The molecule has 1 rings (SSSR count). The molecule has 1 saturated heterocycles. The zero-order valence-corrected chi connectivity index (χ0v) is 7.78. The topological polar surface area (TPSA) is 27.1 Å². The number of likely N-dealkylation sites (tertiary alicyclic amines) is 1. The van der Waals surface area contributed by atoms with E-state index in [1.165, 1.54) is 6.42 Å². The van der Waals surface area contributed by atoms with Gasteiger partial charge in [0, 0.05) is 19.5 Å². The average Bonchev–Trinajstić information content (AvgIpc) is 2.29. The fourth-order valence-corrected chi connectivity index (χ4v) is 1.57. The minimum atomic E-state index is 0.432. The van der Waals surface area contributed by atoms with Crippen molar-refractivity contribution in [3.63, 3.8) is 0 Å². The van der Waals surface area contributed by atoms with Crippen LogP contribution in [0.4, 0.5) is 0 Å². The maximum atomic E-state index is 7.64. The van der Waals surface area contributed by atoms with Crippen molar-refractivity contribution in [1.82, 2.24) is 4.90 Å². The zero-order valence-electron chi connectivity index (χ0n) is 7.78. The molecule has 1 aliphatic heterocycles. The summed E-state index contributed by atoms with van der Waals surface area (Å²) in [7, 11) is 0. The Morgan fingerprint density at radius 3 is 2.55 bits per heavy atom. The van der Waals surface area contributed by atoms with Crippen LogP contribution in [-0.2, 0) is 0 Å². The average molecular weight is 154 g/mol. The van der Waals surface area contributed by atoms with E-state index in [4.69, 9.17) is 5.41 Å². The number of nitrogens with one attached hydrogen (secondary N) is 1. The summed E-state index contributed by atoms with van der Waals surface area (Å²) in [6.45, 7) is 8.75. The summed E-state index contributed by atoms with van der Waals surface area (Å²) in [4.78, 5) is 2.19. The highest BCUT2D eigenvalue weighted by molar-refractivity contribution is 5.79. The van der Waals surface area contributed by atoms with E-state index in [9.17, 15) is 0 Å². The Labute approximate surface area is 69.1 Å². The molecule has 0 bridgehead atoms. The fourth-order valence-electron chi connectivity index (χ4n) is 1.57.